The number of methoxy groups -OCH3 is 1. The molecule has 0 aliphatic rings. The van der Waals surface area contributed by atoms with E-state index in [0.29, 0.717) is 25.4 Å². The van der Waals surface area contributed by atoms with E-state index >= 15 is 0 Å². The van der Waals surface area contributed by atoms with Crippen molar-refractivity contribution in [1.82, 2.24) is 4.72 Å². The van der Waals surface area contributed by atoms with Gasteiger partial charge in [-0.3, -0.25) is 4.79 Å². The average Bonchev–Trinajstić information content (AvgIpc) is 2.72. The van der Waals surface area contributed by atoms with Crippen molar-refractivity contribution in [1.29, 1.82) is 0 Å². The molecule has 1 unspecified atom stereocenters. The first-order valence-electron chi connectivity index (χ1n) is 9.38. The van der Waals surface area contributed by atoms with Gasteiger partial charge < -0.3 is 14.2 Å². The van der Waals surface area contributed by atoms with E-state index in [0.717, 1.165) is 5.56 Å². The fraction of sp³-hybridized carbons (Fsp3) is 0.381. The van der Waals surface area contributed by atoms with Gasteiger partial charge in [0.15, 0.2) is 0 Å². The van der Waals surface area contributed by atoms with Crippen LogP contribution in [0.2, 0.25) is 0 Å². The number of benzene rings is 2. The van der Waals surface area contributed by atoms with Crippen LogP contribution in [-0.2, 0) is 30.7 Å². The normalized spacial score (nSPS) is 12.3. The zero-order valence-corrected chi connectivity index (χ0v) is 17.5. The topological polar surface area (TPSA) is 90.9 Å². The summed E-state index contributed by atoms with van der Waals surface area (Å²) in [5.74, 6) is -0.501. The van der Waals surface area contributed by atoms with E-state index in [9.17, 15) is 13.2 Å². The van der Waals surface area contributed by atoms with Crippen LogP contribution in [0.5, 0.6) is 5.75 Å². The zero-order chi connectivity index (χ0) is 21.1. The van der Waals surface area contributed by atoms with E-state index in [1.54, 1.807) is 26.2 Å². The van der Waals surface area contributed by atoms with Crippen LogP contribution in [0, 0.1) is 5.92 Å². The van der Waals surface area contributed by atoms with E-state index in [1.807, 2.05) is 30.3 Å². The van der Waals surface area contributed by atoms with E-state index < -0.39 is 21.9 Å². The average molecular weight is 422 g/mol. The second kappa shape index (κ2) is 11.5. The first-order valence-corrected chi connectivity index (χ1v) is 10.9. The summed E-state index contributed by atoms with van der Waals surface area (Å²) in [5, 5.41) is 0. The Kier molecular flexibility index (Phi) is 9.11. The van der Waals surface area contributed by atoms with Crippen molar-refractivity contribution in [3.63, 3.8) is 0 Å². The van der Waals surface area contributed by atoms with Gasteiger partial charge >= 0.3 is 5.97 Å². The van der Waals surface area contributed by atoms with Gasteiger partial charge in [-0.25, -0.2) is 13.1 Å². The monoisotopic (exact) mass is 421 g/mol. The molecule has 0 bridgehead atoms. The summed E-state index contributed by atoms with van der Waals surface area (Å²) in [6, 6.07) is 15.5. The molecule has 0 aliphatic heterocycles. The highest BCUT2D eigenvalue weighted by Gasteiger charge is 2.24. The van der Waals surface area contributed by atoms with Crippen molar-refractivity contribution < 1.29 is 27.4 Å². The molecule has 7 nitrogen and oxygen atoms in total. The van der Waals surface area contributed by atoms with E-state index in [-0.39, 0.29) is 18.0 Å². The smallest absolute Gasteiger partial charge is 0.310 e. The standard InChI is InChI=1S/C21H27NO6S/c1-3-27-21(23)18(15-17-7-5-4-6-8-17)16-22-29(24,25)20-11-9-19(10-12-20)28-14-13-26-2/h4-12,18,22H,3,13-16H2,1-2H3. The molecule has 158 valence electrons. The molecule has 2 rings (SSSR count). The number of nitrogens with one attached hydrogen (secondary N) is 1. The molecular weight excluding hydrogens is 394 g/mol. The fourth-order valence-corrected chi connectivity index (χ4v) is 3.73. The summed E-state index contributed by atoms with van der Waals surface area (Å²) in [4.78, 5) is 12.4. The number of sulfonamides is 1. The minimum absolute atomic E-state index is 0.0534. The summed E-state index contributed by atoms with van der Waals surface area (Å²) in [7, 11) is -2.20. The van der Waals surface area contributed by atoms with Gasteiger partial charge in [0.25, 0.3) is 0 Å². The van der Waals surface area contributed by atoms with Crippen molar-refractivity contribution in [3.8, 4) is 5.75 Å². The Morgan fingerprint density at radius 2 is 1.72 bits per heavy atom. The highest BCUT2D eigenvalue weighted by Crippen LogP contribution is 2.17. The number of hydrogen-bond acceptors (Lipinski definition) is 6. The number of esters is 1. The summed E-state index contributed by atoms with van der Waals surface area (Å²) in [5.41, 5.74) is 0.933. The Morgan fingerprint density at radius 1 is 1.03 bits per heavy atom. The van der Waals surface area contributed by atoms with Crippen LogP contribution >= 0.6 is 0 Å². The van der Waals surface area contributed by atoms with Crippen LogP contribution in [0.25, 0.3) is 0 Å². The molecule has 29 heavy (non-hydrogen) atoms. The lowest BCUT2D eigenvalue weighted by Gasteiger charge is -2.17. The number of ether oxygens (including phenoxy) is 3. The maximum atomic E-state index is 12.6. The van der Waals surface area contributed by atoms with Gasteiger partial charge in [-0.15, -0.1) is 0 Å². The molecule has 0 radical (unpaired) electrons. The molecule has 0 saturated carbocycles. The van der Waals surface area contributed by atoms with Gasteiger partial charge in [0.05, 0.1) is 24.0 Å². The Morgan fingerprint density at radius 3 is 2.34 bits per heavy atom. The molecular formula is C21H27NO6S. The molecule has 1 atom stereocenters. The number of hydrogen-bond donors (Lipinski definition) is 1. The number of carbonyl (C=O) groups excluding carboxylic acids is 1. The van der Waals surface area contributed by atoms with Gasteiger partial charge in [-0.1, -0.05) is 30.3 Å². The summed E-state index contributed by atoms with van der Waals surface area (Å²) in [6.45, 7) is 2.72. The third kappa shape index (κ3) is 7.49. The molecule has 0 amide bonds. The summed E-state index contributed by atoms with van der Waals surface area (Å²) < 4.78 is 43.2. The van der Waals surface area contributed by atoms with Crippen molar-refractivity contribution in [3.05, 3.63) is 60.2 Å². The molecule has 0 spiro atoms. The van der Waals surface area contributed by atoms with Gasteiger partial charge in [0.1, 0.15) is 12.4 Å². The number of rotatable bonds is 12. The highest BCUT2D eigenvalue weighted by atomic mass is 32.2. The summed E-state index contributed by atoms with van der Waals surface area (Å²) >= 11 is 0. The SMILES string of the molecule is CCOC(=O)C(CNS(=O)(=O)c1ccc(OCCOC)cc1)Cc1ccccc1. The van der Waals surface area contributed by atoms with Crippen molar-refractivity contribution in [2.24, 2.45) is 5.92 Å². The van der Waals surface area contributed by atoms with Crippen LogP contribution in [0.3, 0.4) is 0 Å². The second-order valence-electron chi connectivity index (χ2n) is 6.30. The van der Waals surface area contributed by atoms with E-state index in [2.05, 4.69) is 4.72 Å². The molecule has 8 heteroatoms. The Balaban J connectivity index is 2.03. The highest BCUT2D eigenvalue weighted by molar-refractivity contribution is 7.89. The minimum atomic E-state index is -3.78. The molecule has 0 fully saturated rings. The second-order valence-corrected chi connectivity index (χ2v) is 8.07. The molecule has 2 aromatic rings. The van der Waals surface area contributed by atoms with Crippen molar-refractivity contribution in [2.75, 3.05) is 33.5 Å². The predicted octanol–water partition coefficient (Wildman–Crippen LogP) is 2.41. The van der Waals surface area contributed by atoms with Gasteiger partial charge in [0, 0.05) is 13.7 Å². The van der Waals surface area contributed by atoms with Crippen LogP contribution in [0.15, 0.2) is 59.5 Å². The zero-order valence-electron chi connectivity index (χ0n) is 16.7. The van der Waals surface area contributed by atoms with Crippen LogP contribution in [0.1, 0.15) is 12.5 Å². The molecule has 0 saturated heterocycles. The lowest BCUT2D eigenvalue weighted by Crippen LogP contribution is -2.35. The Labute approximate surface area is 172 Å². The molecule has 0 aliphatic carbocycles. The lowest BCUT2D eigenvalue weighted by atomic mass is 10.00. The van der Waals surface area contributed by atoms with Crippen LogP contribution < -0.4 is 9.46 Å². The molecule has 0 heterocycles. The first-order chi connectivity index (χ1) is 14.0. The van der Waals surface area contributed by atoms with Gasteiger partial charge in [-0.2, -0.15) is 0 Å². The van der Waals surface area contributed by atoms with E-state index in [4.69, 9.17) is 14.2 Å². The maximum Gasteiger partial charge on any atom is 0.310 e. The van der Waals surface area contributed by atoms with Gasteiger partial charge in [-0.05, 0) is 43.2 Å². The Hall–Kier alpha value is -2.42. The van der Waals surface area contributed by atoms with Crippen LogP contribution in [-0.4, -0.2) is 47.9 Å². The predicted molar refractivity (Wildman–Crippen MR) is 109 cm³/mol. The molecule has 2 aromatic carbocycles. The minimum Gasteiger partial charge on any atom is -0.491 e. The van der Waals surface area contributed by atoms with E-state index in [1.165, 1.54) is 12.1 Å². The molecule has 0 aromatic heterocycles. The van der Waals surface area contributed by atoms with Crippen molar-refractivity contribution in [2.45, 2.75) is 18.2 Å². The Bertz CT molecular complexity index is 852. The third-order valence-corrected chi connectivity index (χ3v) is 5.59. The first kappa shape index (κ1) is 22.9. The largest absolute Gasteiger partial charge is 0.491 e. The maximum absolute atomic E-state index is 12.6. The quantitative estimate of drug-likeness (QED) is 0.418. The third-order valence-electron chi connectivity index (χ3n) is 4.15. The summed E-state index contributed by atoms with van der Waals surface area (Å²) in [6.07, 6.45) is 0.383. The lowest BCUT2D eigenvalue weighted by molar-refractivity contribution is -0.147. The van der Waals surface area contributed by atoms with Crippen LogP contribution in [0.4, 0.5) is 0 Å². The van der Waals surface area contributed by atoms with Crippen molar-refractivity contribution >= 4 is 16.0 Å². The number of carbonyl (C=O) groups is 1. The fourth-order valence-electron chi connectivity index (χ4n) is 2.65. The molecule has 1 N–H and O–H groups in total. The van der Waals surface area contributed by atoms with Gasteiger partial charge in [0.2, 0.25) is 10.0 Å².